The number of nitrogens with two attached hydrogens (primary N) is 1. The number of aromatic nitrogens is 4. The van der Waals surface area contributed by atoms with Crippen LogP contribution in [-0.2, 0) is 13.1 Å². The first-order valence-electron chi connectivity index (χ1n) is 11.8. The highest BCUT2D eigenvalue weighted by atomic mass is 32.1. The molecule has 8 nitrogen and oxygen atoms in total. The zero-order valence-electron chi connectivity index (χ0n) is 20.9. The molecular weight excluding hydrogens is 458 g/mol. The molecule has 0 saturated carbocycles. The monoisotopic (exact) mass is 489 g/mol. The fourth-order valence-electron chi connectivity index (χ4n) is 4.65. The van der Waals surface area contributed by atoms with Gasteiger partial charge in [0.25, 0.3) is 0 Å². The van der Waals surface area contributed by atoms with Crippen LogP contribution >= 0.6 is 11.3 Å². The summed E-state index contributed by atoms with van der Waals surface area (Å²) in [4.78, 5) is 24.1. The summed E-state index contributed by atoms with van der Waals surface area (Å²) in [7, 11) is 4.08. The molecule has 5 rings (SSSR count). The molecule has 0 unspecified atom stereocenters. The van der Waals surface area contributed by atoms with E-state index in [1.165, 1.54) is 16.9 Å². The number of benzene rings is 1. The lowest BCUT2D eigenvalue weighted by Crippen LogP contribution is -2.29. The van der Waals surface area contributed by atoms with Crippen molar-refractivity contribution in [2.45, 2.75) is 39.8 Å². The second-order valence-corrected chi connectivity index (χ2v) is 10.6. The van der Waals surface area contributed by atoms with Crippen molar-refractivity contribution < 1.29 is 4.74 Å². The lowest BCUT2D eigenvalue weighted by Gasteiger charge is -2.27. The van der Waals surface area contributed by atoms with E-state index in [9.17, 15) is 0 Å². The van der Waals surface area contributed by atoms with Gasteiger partial charge in [-0.3, -0.25) is 0 Å². The molecule has 4 heterocycles. The predicted octanol–water partition coefficient (Wildman–Crippen LogP) is 4.62. The van der Waals surface area contributed by atoms with Gasteiger partial charge in [-0.05, 0) is 50.7 Å². The van der Waals surface area contributed by atoms with E-state index in [-0.39, 0.29) is 0 Å². The Labute approximate surface area is 209 Å². The largest absolute Gasteiger partial charge is 0.491 e. The molecule has 35 heavy (non-hydrogen) atoms. The number of nitrogens with zero attached hydrogens (tertiary/aromatic N) is 6. The van der Waals surface area contributed by atoms with Crippen molar-refractivity contribution in [3.05, 3.63) is 53.1 Å². The zero-order valence-corrected chi connectivity index (χ0v) is 21.7. The Morgan fingerprint density at radius 2 is 1.97 bits per heavy atom. The maximum absolute atomic E-state index is 6.15. The molecule has 1 aliphatic rings. The van der Waals surface area contributed by atoms with E-state index < -0.39 is 0 Å². The second-order valence-electron chi connectivity index (χ2n) is 9.55. The summed E-state index contributed by atoms with van der Waals surface area (Å²) in [6.45, 7) is 9.27. The van der Waals surface area contributed by atoms with Crippen LogP contribution < -0.4 is 15.4 Å². The first kappa shape index (κ1) is 23.4. The predicted molar refractivity (Wildman–Crippen MR) is 142 cm³/mol. The van der Waals surface area contributed by atoms with Crippen molar-refractivity contribution >= 4 is 32.6 Å². The molecule has 0 atom stereocenters. The summed E-state index contributed by atoms with van der Waals surface area (Å²) in [6.07, 6.45) is 1.88. The van der Waals surface area contributed by atoms with Crippen molar-refractivity contribution in [2.24, 2.45) is 0 Å². The number of ether oxygens (including phenoxy) is 1. The number of nitrogen functional groups attached to an aromatic ring is 1. The Bertz CT molecular complexity index is 1380. The van der Waals surface area contributed by atoms with Crippen molar-refractivity contribution in [1.29, 1.82) is 0 Å². The number of hydrogen-bond acceptors (Lipinski definition) is 9. The molecule has 1 aromatic carbocycles. The summed E-state index contributed by atoms with van der Waals surface area (Å²) >= 11 is 1.40. The lowest BCUT2D eigenvalue weighted by atomic mass is 10.0. The van der Waals surface area contributed by atoms with E-state index >= 15 is 0 Å². The first-order valence-corrected chi connectivity index (χ1v) is 12.7. The van der Waals surface area contributed by atoms with Gasteiger partial charge in [0.2, 0.25) is 0 Å². The number of hydrogen-bond donors (Lipinski definition) is 1. The molecule has 0 radical (unpaired) electrons. The average Bonchev–Trinajstić information content (AvgIpc) is 3.03. The smallest absolute Gasteiger partial charge is 0.182 e. The molecule has 0 saturated heterocycles. The molecule has 0 aliphatic carbocycles. The van der Waals surface area contributed by atoms with Gasteiger partial charge in [0.05, 0.1) is 13.1 Å². The van der Waals surface area contributed by atoms with Gasteiger partial charge in [0, 0.05) is 35.1 Å². The fourth-order valence-corrected chi connectivity index (χ4v) is 5.30. The minimum absolute atomic E-state index is 0.316. The van der Waals surface area contributed by atoms with Gasteiger partial charge in [0.15, 0.2) is 5.13 Å². The van der Waals surface area contributed by atoms with E-state index in [1.807, 2.05) is 26.4 Å². The molecule has 0 fully saturated rings. The summed E-state index contributed by atoms with van der Waals surface area (Å²) in [6, 6.07) is 8.37. The number of aryl methyl sites for hydroxylation is 1. The first-order chi connectivity index (χ1) is 16.8. The molecule has 0 amide bonds. The van der Waals surface area contributed by atoms with Gasteiger partial charge in [-0.15, -0.1) is 0 Å². The maximum atomic E-state index is 6.15. The van der Waals surface area contributed by atoms with Gasteiger partial charge in [0.1, 0.15) is 34.3 Å². The van der Waals surface area contributed by atoms with Crippen LogP contribution in [0.2, 0.25) is 0 Å². The third-order valence-electron chi connectivity index (χ3n) is 6.13. The van der Waals surface area contributed by atoms with Crippen molar-refractivity contribution in [3.8, 4) is 16.9 Å². The third-order valence-corrected chi connectivity index (χ3v) is 6.94. The lowest BCUT2D eigenvalue weighted by molar-refractivity contribution is 0.331. The second kappa shape index (κ2) is 9.39. The SMILES string of the molecule is Cc1nc(CN(C)C)nc(N2CCOc3ccc(-c4cnc5sc(N)nc5c4)cc3C2)c1C(C)C. The van der Waals surface area contributed by atoms with Crippen LogP contribution in [0, 0.1) is 6.92 Å². The third kappa shape index (κ3) is 4.78. The summed E-state index contributed by atoms with van der Waals surface area (Å²) < 4.78 is 6.15. The Kier molecular flexibility index (Phi) is 6.29. The van der Waals surface area contributed by atoms with Crippen LogP contribution in [0.5, 0.6) is 5.75 Å². The van der Waals surface area contributed by atoms with E-state index in [0.717, 1.165) is 56.7 Å². The molecule has 0 spiro atoms. The van der Waals surface area contributed by atoms with Gasteiger partial charge in [-0.1, -0.05) is 31.3 Å². The number of fused-ring (bicyclic) bond motifs is 2. The average molecular weight is 490 g/mol. The van der Waals surface area contributed by atoms with Crippen LogP contribution in [0.15, 0.2) is 30.5 Å². The normalized spacial score (nSPS) is 13.9. The number of anilines is 2. The minimum Gasteiger partial charge on any atom is -0.491 e. The zero-order chi connectivity index (χ0) is 24.7. The fraction of sp³-hybridized carbons (Fsp3) is 0.385. The summed E-state index contributed by atoms with van der Waals surface area (Å²) in [5.74, 6) is 3.07. The van der Waals surface area contributed by atoms with Crippen LogP contribution in [-0.4, -0.2) is 52.1 Å². The summed E-state index contributed by atoms with van der Waals surface area (Å²) in [5, 5.41) is 0.533. The summed E-state index contributed by atoms with van der Waals surface area (Å²) in [5.41, 5.74) is 12.1. The Morgan fingerprint density at radius 1 is 1.14 bits per heavy atom. The minimum atomic E-state index is 0.316. The molecule has 0 bridgehead atoms. The molecule has 3 aromatic heterocycles. The highest BCUT2D eigenvalue weighted by molar-refractivity contribution is 7.21. The Hall–Kier alpha value is -3.30. The van der Waals surface area contributed by atoms with Gasteiger partial charge >= 0.3 is 0 Å². The van der Waals surface area contributed by atoms with Crippen molar-refractivity contribution in [1.82, 2.24) is 24.8 Å². The van der Waals surface area contributed by atoms with E-state index in [0.29, 0.717) is 30.7 Å². The van der Waals surface area contributed by atoms with Crippen LogP contribution in [0.3, 0.4) is 0 Å². The number of pyridine rings is 1. The van der Waals surface area contributed by atoms with Crippen LogP contribution in [0.1, 0.15) is 42.4 Å². The number of thiazole rings is 1. The number of rotatable bonds is 5. The molecule has 4 aromatic rings. The molecule has 182 valence electrons. The van der Waals surface area contributed by atoms with Crippen LogP contribution in [0.4, 0.5) is 10.9 Å². The quantitative estimate of drug-likeness (QED) is 0.434. The van der Waals surface area contributed by atoms with Gasteiger partial charge in [-0.2, -0.15) is 0 Å². The topological polar surface area (TPSA) is 93.3 Å². The Morgan fingerprint density at radius 3 is 2.74 bits per heavy atom. The molecule has 1 aliphatic heterocycles. The van der Waals surface area contributed by atoms with Crippen LogP contribution in [0.25, 0.3) is 21.5 Å². The molecular formula is C26H31N7OS. The maximum Gasteiger partial charge on any atom is 0.182 e. The molecule has 9 heteroatoms. The standard InChI is InChI=1S/C26H31N7OS/c1-15(2)23-16(3)29-22(14-32(4)5)31-24(23)33-8-9-34-21-7-6-17(10-19(21)13-33)18-11-20-25(28-12-18)35-26(27)30-20/h6-7,10-12,15H,8-9,13-14H2,1-5H3,(H2,27,30). The van der Waals surface area contributed by atoms with Crippen molar-refractivity contribution in [2.75, 3.05) is 37.9 Å². The molecule has 2 N–H and O–H groups in total. The highest BCUT2D eigenvalue weighted by Gasteiger charge is 2.24. The van der Waals surface area contributed by atoms with E-state index in [4.69, 9.17) is 20.4 Å². The highest BCUT2D eigenvalue weighted by Crippen LogP contribution is 2.35. The van der Waals surface area contributed by atoms with Crippen molar-refractivity contribution in [3.63, 3.8) is 0 Å². The van der Waals surface area contributed by atoms with Gasteiger partial charge < -0.3 is 20.3 Å². The Balaban J connectivity index is 1.53. The van der Waals surface area contributed by atoms with Gasteiger partial charge in [-0.25, -0.2) is 19.9 Å². The van der Waals surface area contributed by atoms with E-state index in [1.54, 1.807) is 0 Å². The van der Waals surface area contributed by atoms with E-state index in [2.05, 4.69) is 58.7 Å².